The van der Waals surface area contributed by atoms with E-state index in [1.807, 2.05) is 6.92 Å². The second-order valence-corrected chi connectivity index (χ2v) is 3.87. The van der Waals surface area contributed by atoms with Gasteiger partial charge in [0.1, 0.15) is 6.33 Å². The fourth-order valence-corrected chi connectivity index (χ4v) is 1.32. The lowest BCUT2D eigenvalue weighted by atomic mass is 10.3. The van der Waals surface area contributed by atoms with E-state index in [2.05, 4.69) is 34.4 Å². The molecule has 1 aromatic rings. The Labute approximate surface area is 95.7 Å². The van der Waals surface area contributed by atoms with Crippen LogP contribution in [0.1, 0.15) is 26.5 Å². The van der Waals surface area contributed by atoms with E-state index < -0.39 is 0 Å². The number of hydrogen-bond donors (Lipinski definition) is 2. The SMILES string of the molecule is CCc1ncnc(NCCNC(C)C)c1F. The molecule has 1 aromatic heterocycles. The first kappa shape index (κ1) is 12.8. The van der Waals surface area contributed by atoms with Gasteiger partial charge in [0, 0.05) is 19.1 Å². The second kappa shape index (κ2) is 6.37. The van der Waals surface area contributed by atoms with Crippen molar-refractivity contribution in [2.75, 3.05) is 18.4 Å². The molecule has 0 unspecified atom stereocenters. The van der Waals surface area contributed by atoms with Crippen molar-refractivity contribution in [3.05, 3.63) is 17.8 Å². The van der Waals surface area contributed by atoms with Crippen LogP contribution in [0.15, 0.2) is 6.33 Å². The Balaban J connectivity index is 2.47. The molecule has 16 heavy (non-hydrogen) atoms. The summed E-state index contributed by atoms with van der Waals surface area (Å²) < 4.78 is 13.7. The number of aryl methyl sites for hydroxylation is 1. The van der Waals surface area contributed by atoms with Gasteiger partial charge in [-0.1, -0.05) is 20.8 Å². The number of nitrogens with zero attached hydrogens (tertiary/aromatic N) is 2. The third-order valence-corrected chi connectivity index (χ3v) is 2.17. The fraction of sp³-hybridized carbons (Fsp3) is 0.636. The Morgan fingerprint density at radius 3 is 2.69 bits per heavy atom. The Morgan fingerprint density at radius 2 is 2.06 bits per heavy atom. The van der Waals surface area contributed by atoms with Crippen molar-refractivity contribution >= 4 is 5.82 Å². The zero-order valence-electron chi connectivity index (χ0n) is 10.0. The van der Waals surface area contributed by atoms with Crippen LogP contribution in [-0.4, -0.2) is 29.1 Å². The normalized spacial score (nSPS) is 10.8. The Morgan fingerprint density at radius 1 is 1.31 bits per heavy atom. The maximum atomic E-state index is 13.7. The van der Waals surface area contributed by atoms with Crippen molar-refractivity contribution in [2.45, 2.75) is 33.2 Å². The summed E-state index contributed by atoms with van der Waals surface area (Å²) in [5.41, 5.74) is 0.453. The lowest BCUT2D eigenvalue weighted by Crippen LogP contribution is -2.28. The molecule has 0 aliphatic heterocycles. The molecule has 2 N–H and O–H groups in total. The van der Waals surface area contributed by atoms with Gasteiger partial charge < -0.3 is 10.6 Å². The molecule has 4 nitrogen and oxygen atoms in total. The number of halogens is 1. The van der Waals surface area contributed by atoms with Crippen LogP contribution < -0.4 is 10.6 Å². The number of rotatable bonds is 6. The second-order valence-electron chi connectivity index (χ2n) is 3.87. The van der Waals surface area contributed by atoms with Gasteiger partial charge in [-0.15, -0.1) is 0 Å². The average Bonchev–Trinajstić information content (AvgIpc) is 2.26. The van der Waals surface area contributed by atoms with Gasteiger partial charge in [-0.25, -0.2) is 14.4 Å². The lowest BCUT2D eigenvalue weighted by Gasteiger charge is -2.10. The first-order valence-corrected chi connectivity index (χ1v) is 5.61. The van der Waals surface area contributed by atoms with Crippen LogP contribution >= 0.6 is 0 Å². The van der Waals surface area contributed by atoms with Gasteiger partial charge in [-0.3, -0.25) is 0 Å². The summed E-state index contributed by atoms with van der Waals surface area (Å²) in [6.07, 6.45) is 1.97. The molecule has 0 aromatic carbocycles. The monoisotopic (exact) mass is 226 g/mol. The average molecular weight is 226 g/mol. The lowest BCUT2D eigenvalue weighted by molar-refractivity contribution is 0.587. The van der Waals surface area contributed by atoms with Crippen molar-refractivity contribution in [3.63, 3.8) is 0 Å². The summed E-state index contributed by atoms with van der Waals surface area (Å²) in [4.78, 5) is 7.75. The highest BCUT2D eigenvalue weighted by molar-refractivity contribution is 5.37. The summed E-state index contributed by atoms with van der Waals surface area (Å²) in [5.74, 6) is -0.0491. The first-order chi connectivity index (χ1) is 7.65. The molecular weight excluding hydrogens is 207 g/mol. The summed E-state index contributed by atoms with van der Waals surface area (Å²) in [6.45, 7) is 7.44. The minimum Gasteiger partial charge on any atom is -0.366 e. The summed E-state index contributed by atoms with van der Waals surface area (Å²) in [7, 11) is 0. The largest absolute Gasteiger partial charge is 0.366 e. The highest BCUT2D eigenvalue weighted by Gasteiger charge is 2.08. The van der Waals surface area contributed by atoms with Gasteiger partial charge in [-0.2, -0.15) is 0 Å². The van der Waals surface area contributed by atoms with Crippen molar-refractivity contribution in [1.82, 2.24) is 15.3 Å². The smallest absolute Gasteiger partial charge is 0.186 e. The molecule has 0 saturated heterocycles. The molecule has 0 radical (unpaired) electrons. The van der Waals surface area contributed by atoms with E-state index in [1.54, 1.807) is 0 Å². The van der Waals surface area contributed by atoms with Crippen LogP contribution in [0, 0.1) is 5.82 Å². The summed E-state index contributed by atoms with van der Waals surface area (Å²) in [6, 6.07) is 0.434. The molecule has 1 heterocycles. The molecule has 0 fully saturated rings. The predicted molar refractivity (Wildman–Crippen MR) is 63.0 cm³/mol. The van der Waals surface area contributed by atoms with Crippen molar-refractivity contribution in [2.24, 2.45) is 0 Å². The maximum Gasteiger partial charge on any atom is 0.186 e. The van der Waals surface area contributed by atoms with E-state index in [-0.39, 0.29) is 11.6 Å². The van der Waals surface area contributed by atoms with Gasteiger partial charge in [0.25, 0.3) is 0 Å². The first-order valence-electron chi connectivity index (χ1n) is 5.61. The van der Waals surface area contributed by atoms with E-state index in [4.69, 9.17) is 0 Å². The molecule has 0 amide bonds. The van der Waals surface area contributed by atoms with Crippen LogP contribution in [0.3, 0.4) is 0 Å². The van der Waals surface area contributed by atoms with Gasteiger partial charge >= 0.3 is 0 Å². The topological polar surface area (TPSA) is 49.8 Å². The van der Waals surface area contributed by atoms with Gasteiger partial charge in [0.15, 0.2) is 11.6 Å². The van der Waals surface area contributed by atoms with Crippen molar-refractivity contribution < 1.29 is 4.39 Å². The van der Waals surface area contributed by atoms with Gasteiger partial charge in [-0.05, 0) is 6.42 Å². The quantitative estimate of drug-likeness (QED) is 0.723. The number of hydrogen-bond acceptors (Lipinski definition) is 4. The molecule has 90 valence electrons. The van der Waals surface area contributed by atoms with Gasteiger partial charge in [0.2, 0.25) is 0 Å². The Bertz CT molecular complexity index is 328. The molecule has 0 aliphatic rings. The third-order valence-electron chi connectivity index (χ3n) is 2.17. The maximum absolute atomic E-state index is 13.7. The van der Waals surface area contributed by atoms with Crippen LogP contribution in [0.5, 0.6) is 0 Å². The Kier molecular flexibility index (Phi) is 5.11. The van der Waals surface area contributed by atoms with Crippen molar-refractivity contribution in [1.29, 1.82) is 0 Å². The standard InChI is InChI=1S/C11H19FN4/c1-4-9-10(12)11(16-7-15-9)14-6-5-13-8(2)3/h7-8,13H,4-6H2,1-3H3,(H,14,15,16). The number of aromatic nitrogens is 2. The minimum atomic E-state index is -0.338. The minimum absolute atomic E-state index is 0.289. The molecule has 0 atom stereocenters. The summed E-state index contributed by atoms with van der Waals surface area (Å²) >= 11 is 0. The summed E-state index contributed by atoms with van der Waals surface area (Å²) in [5, 5.41) is 6.19. The molecule has 1 rings (SSSR count). The highest BCUT2D eigenvalue weighted by Crippen LogP contribution is 2.12. The van der Waals surface area contributed by atoms with E-state index in [0.29, 0.717) is 24.7 Å². The number of nitrogens with one attached hydrogen (secondary N) is 2. The zero-order valence-corrected chi connectivity index (χ0v) is 10.0. The van der Waals surface area contributed by atoms with Crippen molar-refractivity contribution in [3.8, 4) is 0 Å². The molecule has 0 bridgehead atoms. The van der Waals surface area contributed by atoms with Crippen LogP contribution in [-0.2, 0) is 6.42 Å². The molecule has 5 heteroatoms. The van der Waals surface area contributed by atoms with E-state index in [9.17, 15) is 4.39 Å². The fourth-order valence-electron chi connectivity index (χ4n) is 1.32. The molecular formula is C11H19FN4. The van der Waals surface area contributed by atoms with E-state index >= 15 is 0 Å². The Hall–Kier alpha value is -1.23. The van der Waals surface area contributed by atoms with E-state index in [0.717, 1.165) is 6.54 Å². The molecule has 0 spiro atoms. The zero-order chi connectivity index (χ0) is 12.0. The predicted octanol–water partition coefficient (Wildman–Crippen LogP) is 1.59. The van der Waals surface area contributed by atoms with Crippen LogP contribution in [0.25, 0.3) is 0 Å². The number of anilines is 1. The molecule has 0 saturated carbocycles. The van der Waals surface area contributed by atoms with Crippen LogP contribution in [0.4, 0.5) is 10.2 Å². The van der Waals surface area contributed by atoms with Crippen LogP contribution in [0.2, 0.25) is 0 Å². The van der Waals surface area contributed by atoms with Gasteiger partial charge in [0.05, 0.1) is 5.69 Å². The highest BCUT2D eigenvalue weighted by atomic mass is 19.1. The molecule has 0 aliphatic carbocycles. The van der Waals surface area contributed by atoms with E-state index in [1.165, 1.54) is 6.33 Å². The third kappa shape index (κ3) is 3.73.